The van der Waals surface area contributed by atoms with Crippen molar-refractivity contribution in [1.82, 2.24) is 9.97 Å². The third-order valence-electron chi connectivity index (χ3n) is 2.80. The average Bonchev–Trinajstić information content (AvgIpc) is 3.09. The Morgan fingerprint density at radius 2 is 2.10 bits per heavy atom. The molecule has 0 spiro atoms. The van der Waals surface area contributed by atoms with Crippen LogP contribution in [-0.2, 0) is 0 Å². The zero-order valence-electron chi connectivity index (χ0n) is 10.5. The number of H-pyrrole nitrogens is 1. The molecule has 1 aromatic carbocycles. The first-order chi connectivity index (χ1) is 10.2. The van der Waals surface area contributed by atoms with Gasteiger partial charge in [-0.1, -0.05) is 18.2 Å². The number of para-hydroxylation sites is 1. The van der Waals surface area contributed by atoms with Gasteiger partial charge in [0.05, 0.1) is 0 Å². The van der Waals surface area contributed by atoms with E-state index in [-0.39, 0.29) is 23.1 Å². The minimum Gasteiger partial charge on any atom is -0.451 e. The van der Waals surface area contributed by atoms with Crippen LogP contribution >= 0.6 is 0 Å². The Morgan fingerprint density at radius 1 is 1.29 bits per heavy atom. The zero-order valence-corrected chi connectivity index (χ0v) is 10.5. The van der Waals surface area contributed by atoms with Gasteiger partial charge in [0.1, 0.15) is 17.7 Å². The van der Waals surface area contributed by atoms with Crippen LogP contribution in [0.1, 0.15) is 21.9 Å². The first-order valence-electron chi connectivity index (χ1n) is 5.91. The van der Waals surface area contributed by atoms with Crippen molar-refractivity contribution in [2.24, 2.45) is 0 Å². The number of rotatable bonds is 2. The summed E-state index contributed by atoms with van der Waals surface area (Å²) in [5.41, 5.74) is 0.521. The number of benzene rings is 1. The highest BCUT2D eigenvalue weighted by atomic mass is 16.3. The number of carbonyl (C=O) groups excluding carboxylic acids is 1. The topological polar surface area (TPSA) is 118 Å². The summed E-state index contributed by atoms with van der Waals surface area (Å²) in [6.07, 6.45) is 0. The van der Waals surface area contributed by atoms with Crippen molar-refractivity contribution < 1.29 is 9.21 Å². The van der Waals surface area contributed by atoms with Crippen LogP contribution in [0.2, 0.25) is 0 Å². The van der Waals surface area contributed by atoms with Crippen LogP contribution in [0.4, 0.5) is 5.95 Å². The van der Waals surface area contributed by atoms with E-state index in [1.54, 1.807) is 30.3 Å². The number of carbonyl (C=O) groups is 1. The van der Waals surface area contributed by atoms with E-state index in [0.29, 0.717) is 5.58 Å². The number of nitrogens with one attached hydrogen (secondary N) is 2. The summed E-state index contributed by atoms with van der Waals surface area (Å²) in [4.78, 5) is 18.4. The Labute approximate surface area is 118 Å². The number of amides is 1. The minimum atomic E-state index is -0.520. The molecule has 2 N–H and O–H groups in total. The number of nitriles is 2. The number of aromatic amines is 1. The van der Waals surface area contributed by atoms with Crippen LogP contribution in [0.5, 0.6) is 0 Å². The molecular formula is C14H7N5O2. The van der Waals surface area contributed by atoms with E-state index in [2.05, 4.69) is 15.3 Å². The van der Waals surface area contributed by atoms with Gasteiger partial charge in [-0.05, 0) is 12.1 Å². The van der Waals surface area contributed by atoms with Crippen molar-refractivity contribution in [1.29, 1.82) is 10.5 Å². The molecule has 0 atom stereocenters. The van der Waals surface area contributed by atoms with Crippen LogP contribution in [0.3, 0.4) is 0 Å². The molecule has 0 radical (unpaired) electrons. The van der Waals surface area contributed by atoms with Gasteiger partial charge >= 0.3 is 0 Å². The molecule has 2 aromatic heterocycles. The largest absolute Gasteiger partial charge is 0.451 e. The molecule has 0 bridgehead atoms. The highest BCUT2D eigenvalue weighted by Gasteiger charge is 2.16. The highest BCUT2D eigenvalue weighted by molar-refractivity contribution is 6.03. The lowest BCUT2D eigenvalue weighted by Gasteiger charge is -1.97. The third-order valence-corrected chi connectivity index (χ3v) is 2.80. The van der Waals surface area contributed by atoms with Crippen LogP contribution < -0.4 is 5.32 Å². The highest BCUT2D eigenvalue weighted by Crippen LogP contribution is 2.19. The zero-order chi connectivity index (χ0) is 14.8. The van der Waals surface area contributed by atoms with E-state index in [1.165, 1.54) is 0 Å². The summed E-state index contributed by atoms with van der Waals surface area (Å²) < 4.78 is 5.41. The number of aromatic nitrogens is 2. The van der Waals surface area contributed by atoms with Gasteiger partial charge in [-0.15, -0.1) is 0 Å². The molecule has 0 saturated heterocycles. The quantitative estimate of drug-likeness (QED) is 0.743. The van der Waals surface area contributed by atoms with Gasteiger partial charge in [0.25, 0.3) is 5.91 Å². The molecule has 21 heavy (non-hydrogen) atoms. The van der Waals surface area contributed by atoms with Gasteiger partial charge in [0.2, 0.25) is 5.95 Å². The van der Waals surface area contributed by atoms with Gasteiger partial charge < -0.3 is 9.40 Å². The van der Waals surface area contributed by atoms with E-state index in [1.807, 2.05) is 12.1 Å². The predicted molar refractivity (Wildman–Crippen MR) is 72.2 cm³/mol. The average molecular weight is 277 g/mol. The molecule has 3 rings (SSSR count). The number of imidazole rings is 1. The lowest BCUT2D eigenvalue weighted by atomic mass is 10.2. The van der Waals surface area contributed by atoms with Gasteiger partial charge in [-0.3, -0.25) is 10.1 Å². The number of anilines is 1. The molecule has 0 saturated carbocycles. The first kappa shape index (κ1) is 12.5. The SMILES string of the molecule is N#Cc1nc(NC(=O)c2cc3ccccc3o2)[nH]c1C#N. The van der Waals surface area contributed by atoms with Crippen molar-refractivity contribution in [2.45, 2.75) is 0 Å². The first-order valence-corrected chi connectivity index (χ1v) is 5.91. The normalized spacial score (nSPS) is 10.0. The van der Waals surface area contributed by atoms with E-state index in [0.717, 1.165) is 5.39 Å². The maximum Gasteiger partial charge on any atom is 0.293 e. The molecule has 0 aliphatic rings. The number of furan rings is 1. The van der Waals surface area contributed by atoms with Gasteiger partial charge in [-0.2, -0.15) is 10.5 Å². The summed E-state index contributed by atoms with van der Waals surface area (Å²) in [6.45, 7) is 0. The standard InChI is InChI=1S/C14H7N5O2/c15-6-9-10(7-16)18-14(17-9)19-13(20)12-5-8-3-1-2-4-11(8)21-12/h1-5H,(H2,17,18,19,20). The van der Waals surface area contributed by atoms with Crippen molar-refractivity contribution in [2.75, 3.05) is 5.32 Å². The van der Waals surface area contributed by atoms with Crippen molar-refractivity contribution in [3.63, 3.8) is 0 Å². The molecule has 0 aliphatic heterocycles. The second kappa shape index (κ2) is 4.83. The second-order valence-electron chi connectivity index (χ2n) is 4.14. The Hall–Kier alpha value is -3.58. The third kappa shape index (κ3) is 2.20. The number of nitrogens with zero attached hydrogens (tertiary/aromatic N) is 3. The fourth-order valence-corrected chi connectivity index (χ4v) is 1.86. The van der Waals surface area contributed by atoms with Crippen molar-refractivity contribution >= 4 is 22.8 Å². The monoisotopic (exact) mass is 277 g/mol. The summed E-state index contributed by atoms with van der Waals surface area (Å²) in [5, 5.41) is 20.9. The van der Waals surface area contributed by atoms with Crippen LogP contribution in [0, 0.1) is 22.7 Å². The second-order valence-corrected chi connectivity index (χ2v) is 4.14. The van der Waals surface area contributed by atoms with Gasteiger partial charge in [-0.25, -0.2) is 4.98 Å². The van der Waals surface area contributed by atoms with Crippen molar-refractivity contribution in [3.05, 3.63) is 47.5 Å². The van der Waals surface area contributed by atoms with Crippen LogP contribution in [0.25, 0.3) is 11.0 Å². The lowest BCUT2D eigenvalue weighted by Crippen LogP contribution is -2.12. The maximum absolute atomic E-state index is 12.1. The predicted octanol–water partition coefficient (Wildman–Crippen LogP) is 2.15. The molecule has 7 nitrogen and oxygen atoms in total. The Balaban J connectivity index is 1.88. The molecule has 0 fully saturated rings. The van der Waals surface area contributed by atoms with E-state index in [4.69, 9.17) is 14.9 Å². The lowest BCUT2D eigenvalue weighted by molar-refractivity contribution is 0.0998. The Morgan fingerprint density at radius 3 is 2.76 bits per heavy atom. The molecule has 3 aromatic rings. The number of hydrogen-bond acceptors (Lipinski definition) is 5. The number of fused-ring (bicyclic) bond motifs is 1. The summed E-state index contributed by atoms with van der Waals surface area (Å²) in [7, 11) is 0. The van der Waals surface area contributed by atoms with Crippen molar-refractivity contribution in [3.8, 4) is 12.1 Å². The molecule has 7 heteroatoms. The summed E-state index contributed by atoms with van der Waals surface area (Å²) in [5.74, 6) is -0.382. The molecular weight excluding hydrogens is 270 g/mol. The fourth-order valence-electron chi connectivity index (χ4n) is 1.86. The van der Waals surface area contributed by atoms with Gasteiger partial charge in [0, 0.05) is 5.39 Å². The molecule has 0 aliphatic carbocycles. The van der Waals surface area contributed by atoms with Gasteiger partial charge in [0.15, 0.2) is 17.1 Å². The maximum atomic E-state index is 12.1. The fraction of sp³-hybridized carbons (Fsp3) is 0. The van der Waals surface area contributed by atoms with E-state index < -0.39 is 5.91 Å². The van der Waals surface area contributed by atoms with E-state index >= 15 is 0 Å². The molecule has 100 valence electrons. The Bertz CT molecular complexity index is 858. The van der Waals surface area contributed by atoms with Crippen LogP contribution in [-0.4, -0.2) is 15.9 Å². The molecule has 1 amide bonds. The Kier molecular flexibility index (Phi) is 2.87. The number of hydrogen-bond donors (Lipinski definition) is 2. The molecule has 2 heterocycles. The van der Waals surface area contributed by atoms with E-state index in [9.17, 15) is 4.79 Å². The summed E-state index contributed by atoms with van der Waals surface area (Å²) in [6, 6.07) is 12.4. The summed E-state index contributed by atoms with van der Waals surface area (Å²) >= 11 is 0. The van der Waals surface area contributed by atoms with Crippen LogP contribution in [0.15, 0.2) is 34.7 Å². The minimum absolute atomic E-state index is 0.00240. The molecule has 0 unspecified atom stereocenters. The smallest absolute Gasteiger partial charge is 0.293 e.